The highest BCUT2D eigenvalue weighted by Crippen LogP contribution is 2.43. The van der Waals surface area contributed by atoms with Crippen LogP contribution in [0.3, 0.4) is 0 Å². The van der Waals surface area contributed by atoms with E-state index in [0.717, 1.165) is 31.3 Å². The van der Waals surface area contributed by atoms with E-state index in [1.54, 1.807) is 0 Å². The number of rotatable bonds is 2. The van der Waals surface area contributed by atoms with Crippen LogP contribution < -0.4 is 0 Å². The van der Waals surface area contributed by atoms with Gasteiger partial charge in [0.25, 0.3) is 0 Å². The van der Waals surface area contributed by atoms with E-state index >= 15 is 0 Å². The molecular weight excluding hydrogens is 328 g/mol. The molecule has 0 bridgehead atoms. The van der Waals surface area contributed by atoms with Crippen LogP contribution in [0.2, 0.25) is 0 Å². The van der Waals surface area contributed by atoms with Crippen LogP contribution in [0.25, 0.3) is 0 Å². The van der Waals surface area contributed by atoms with Gasteiger partial charge in [-0.25, -0.2) is 0 Å². The highest BCUT2D eigenvalue weighted by atomic mass is 16.6. The number of epoxide rings is 1. The second kappa shape index (κ2) is 8.34. The summed E-state index contributed by atoms with van der Waals surface area (Å²) in [4.78, 5) is 24.9. The molecule has 144 valence electrons. The zero-order chi connectivity index (χ0) is 19.5. The summed E-state index contributed by atoms with van der Waals surface area (Å²) in [6.07, 6.45) is 9.00. The number of ketones is 1. The quantitative estimate of drug-likeness (QED) is 0.407. The fourth-order valence-electron chi connectivity index (χ4n) is 3.42. The van der Waals surface area contributed by atoms with Gasteiger partial charge >= 0.3 is 5.97 Å². The second-order valence-corrected chi connectivity index (χ2v) is 8.03. The number of carbonyl (C=O) groups is 2. The van der Waals surface area contributed by atoms with Gasteiger partial charge in [-0.1, -0.05) is 43.2 Å². The van der Waals surface area contributed by atoms with Gasteiger partial charge < -0.3 is 9.47 Å². The molecule has 0 spiro atoms. The zero-order valence-electron chi connectivity index (χ0n) is 16.9. The van der Waals surface area contributed by atoms with Crippen LogP contribution in [-0.4, -0.2) is 29.6 Å². The lowest BCUT2D eigenvalue weighted by atomic mass is 9.86. The van der Waals surface area contributed by atoms with Crippen LogP contribution in [0.4, 0.5) is 0 Å². The zero-order valence-corrected chi connectivity index (χ0v) is 16.9. The fourth-order valence-corrected chi connectivity index (χ4v) is 3.42. The second-order valence-electron chi connectivity index (χ2n) is 8.03. The highest BCUT2D eigenvalue weighted by molar-refractivity contribution is 5.97. The summed E-state index contributed by atoms with van der Waals surface area (Å²) in [6, 6.07) is 0. The lowest BCUT2D eigenvalue weighted by Crippen LogP contribution is -2.40. The minimum atomic E-state index is -0.883. The Labute approximate surface area is 157 Å². The monoisotopic (exact) mass is 360 g/mol. The Hall–Kier alpha value is -1.68. The molecule has 0 N–H and O–H groups in total. The molecule has 1 aliphatic heterocycles. The van der Waals surface area contributed by atoms with Crippen LogP contribution >= 0.6 is 0 Å². The van der Waals surface area contributed by atoms with Gasteiger partial charge in [-0.3, -0.25) is 9.59 Å². The third kappa shape index (κ3) is 4.94. The lowest BCUT2D eigenvalue weighted by molar-refractivity contribution is -0.152. The fraction of sp³-hybridized carbons (Fsp3) is 0.636. The van der Waals surface area contributed by atoms with E-state index in [9.17, 15) is 9.59 Å². The summed E-state index contributed by atoms with van der Waals surface area (Å²) in [6.45, 7) is 11.4. The first-order valence-electron chi connectivity index (χ1n) is 9.57. The van der Waals surface area contributed by atoms with Gasteiger partial charge in [-0.05, 0) is 57.9 Å². The van der Waals surface area contributed by atoms with Gasteiger partial charge in [0.05, 0.1) is 6.10 Å². The molecule has 3 unspecified atom stereocenters. The molecule has 0 aromatic carbocycles. The summed E-state index contributed by atoms with van der Waals surface area (Å²) in [5, 5.41) is 0. The van der Waals surface area contributed by atoms with E-state index in [-0.39, 0.29) is 17.8 Å². The Bertz CT molecular complexity index is 653. The maximum atomic E-state index is 13.2. The van der Waals surface area contributed by atoms with Crippen LogP contribution in [0.1, 0.15) is 67.2 Å². The molecule has 0 saturated carbocycles. The average molecular weight is 360 g/mol. The van der Waals surface area contributed by atoms with Crippen molar-refractivity contribution in [2.45, 2.75) is 85.0 Å². The van der Waals surface area contributed by atoms with E-state index < -0.39 is 17.7 Å². The van der Waals surface area contributed by atoms with Crippen LogP contribution in [-0.2, 0) is 19.1 Å². The molecule has 4 heteroatoms. The molecule has 3 atom stereocenters. The normalized spacial score (nSPS) is 36.6. The predicted molar refractivity (Wildman–Crippen MR) is 103 cm³/mol. The van der Waals surface area contributed by atoms with Crippen molar-refractivity contribution < 1.29 is 19.1 Å². The highest BCUT2D eigenvalue weighted by Gasteiger charge is 2.60. The molecular formula is C22H32O4. The topological polar surface area (TPSA) is 55.9 Å². The van der Waals surface area contributed by atoms with Crippen molar-refractivity contribution >= 4 is 11.8 Å². The summed E-state index contributed by atoms with van der Waals surface area (Å²) in [5.74, 6) is -0.512. The Morgan fingerprint density at radius 2 is 1.92 bits per heavy atom. The van der Waals surface area contributed by atoms with E-state index in [0.29, 0.717) is 0 Å². The number of hydrogen-bond donors (Lipinski definition) is 0. The molecule has 1 fully saturated rings. The largest absolute Gasteiger partial charge is 0.450 e. The Morgan fingerprint density at radius 1 is 1.23 bits per heavy atom. The van der Waals surface area contributed by atoms with E-state index in [4.69, 9.17) is 9.47 Å². The molecule has 2 aliphatic rings. The van der Waals surface area contributed by atoms with Crippen molar-refractivity contribution in [1.29, 1.82) is 0 Å². The maximum absolute atomic E-state index is 13.2. The summed E-state index contributed by atoms with van der Waals surface area (Å²) in [5.41, 5.74) is 2.53. The van der Waals surface area contributed by atoms with Crippen molar-refractivity contribution in [3.05, 3.63) is 34.9 Å². The number of Topliss-reactive ketones (excluding diaryl/α,β-unsaturated/α-hetero) is 1. The minimum absolute atomic E-state index is 0.0863. The third-order valence-corrected chi connectivity index (χ3v) is 5.32. The first-order valence-corrected chi connectivity index (χ1v) is 9.57. The van der Waals surface area contributed by atoms with Gasteiger partial charge in [0.1, 0.15) is 0 Å². The molecule has 1 saturated heterocycles. The van der Waals surface area contributed by atoms with Gasteiger partial charge in [0.2, 0.25) is 5.78 Å². The van der Waals surface area contributed by atoms with Crippen LogP contribution in [0, 0.1) is 5.92 Å². The Kier molecular flexibility index (Phi) is 6.62. The van der Waals surface area contributed by atoms with Crippen molar-refractivity contribution in [3.63, 3.8) is 0 Å². The van der Waals surface area contributed by atoms with Gasteiger partial charge in [-0.2, -0.15) is 0 Å². The predicted octanol–water partition coefficient (Wildman–Crippen LogP) is 4.69. The van der Waals surface area contributed by atoms with Crippen molar-refractivity contribution in [2.24, 2.45) is 5.92 Å². The third-order valence-electron chi connectivity index (χ3n) is 5.32. The molecule has 0 amide bonds. The Morgan fingerprint density at radius 3 is 2.54 bits per heavy atom. The molecule has 26 heavy (non-hydrogen) atoms. The first kappa shape index (κ1) is 20.6. The van der Waals surface area contributed by atoms with E-state index in [1.165, 1.54) is 18.1 Å². The molecule has 1 heterocycles. The standard InChI is InChI=1S/C22H32O4/c1-14(2)18-12-10-15(3)8-7-9-16(4)11-13-19-22(6,26-19)21(24)20(18)25-17(5)23/h9-10,12,14,19-20H,7-8,11,13H2,1-6H3/b15-10+,16-9+,18-12-. The van der Waals surface area contributed by atoms with Gasteiger partial charge in [0, 0.05) is 6.92 Å². The molecule has 2 rings (SSSR count). The molecule has 4 nitrogen and oxygen atoms in total. The number of fused-ring (bicyclic) bond motifs is 1. The van der Waals surface area contributed by atoms with E-state index in [1.807, 2.05) is 32.9 Å². The first-order chi connectivity index (χ1) is 12.1. The van der Waals surface area contributed by atoms with Crippen molar-refractivity contribution in [1.82, 2.24) is 0 Å². The number of hydrogen-bond acceptors (Lipinski definition) is 4. The lowest BCUT2D eigenvalue weighted by Gasteiger charge is -2.23. The number of allylic oxidation sites excluding steroid dienone is 5. The summed E-state index contributed by atoms with van der Waals surface area (Å²) < 4.78 is 11.3. The SMILES string of the molecule is CC(=O)OC1C(=O)C2(C)OC2CC/C(C)=C/CC/C(C)=C/C=C\1C(C)C. The minimum Gasteiger partial charge on any atom is -0.450 e. The molecule has 0 radical (unpaired) electrons. The van der Waals surface area contributed by atoms with Gasteiger partial charge in [0.15, 0.2) is 11.7 Å². The Balaban J connectivity index is 2.42. The van der Waals surface area contributed by atoms with Crippen LogP contribution in [0.5, 0.6) is 0 Å². The smallest absolute Gasteiger partial charge is 0.303 e. The number of esters is 1. The van der Waals surface area contributed by atoms with Gasteiger partial charge in [-0.15, -0.1) is 0 Å². The number of carbonyl (C=O) groups excluding carboxylic acids is 2. The number of ether oxygens (including phenoxy) is 2. The molecule has 0 aromatic rings. The van der Waals surface area contributed by atoms with E-state index in [2.05, 4.69) is 19.9 Å². The summed E-state index contributed by atoms with van der Waals surface area (Å²) >= 11 is 0. The van der Waals surface area contributed by atoms with Crippen molar-refractivity contribution in [2.75, 3.05) is 0 Å². The molecule has 1 aliphatic carbocycles. The molecule has 0 aromatic heterocycles. The van der Waals surface area contributed by atoms with Crippen LogP contribution in [0.15, 0.2) is 34.9 Å². The summed E-state index contributed by atoms with van der Waals surface area (Å²) in [7, 11) is 0. The average Bonchev–Trinajstić information content (AvgIpc) is 3.22. The maximum Gasteiger partial charge on any atom is 0.303 e. The van der Waals surface area contributed by atoms with Crippen molar-refractivity contribution in [3.8, 4) is 0 Å².